The number of phenols is 2. The summed E-state index contributed by atoms with van der Waals surface area (Å²) in [6.07, 6.45) is 0.486. The van der Waals surface area contributed by atoms with Crippen molar-refractivity contribution in [1.29, 1.82) is 0 Å². The average molecular weight is 332 g/mol. The zero-order chi connectivity index (χ0) is 17.6. The second-order valence-corrected chi connectivity index (χ2v) is 6.19. The lowest BCUT2D eigenvalue weighted by Gasteiger charge is -2.08. The number of H-pyrrole nitrogens is 1. The SMILES string of the molecule is Cc1cc2cc(Cc3ccc4cccc(O)c4n3)cc(O)c2c(=O)[nH]1. The molecule has 0 fully saturated rings. The normalized spacial score (nSPS) is 11.2. The molecule has 124 valence electrons. The summed E-state index contributed by atoms with van der Waals surface area (Å²) in [4.78, 5) is 19.2. The molecule has 0 saturated heterocycles. The van der Waals surface area contributed by atoms with Gasteiger partial charge in [0.1, 0.15) is 17.0 Å². The van der Waals surface area contributed by atoms with Gasteiger partial charge in [0, 0.05) is 23.2 Å². The van der Waals surface area contributed by atoms with E-state index in [4.69, 9.17) is 0 Å². The van der Waals surface area contributed by atoms with Crippen molar-refractivity contribution < 1.29 is 10.2 Å². The summed E-state index contributed by atoms with van der Waals surface area (Å²) in [7, 11) is 0. The third-order valence-corrected chi connectivity index (χ3v) is 4.26. The first-order valence-corrected chi connectivity index (χ1v) is 7.94. The minimum atomic E-state index is -0.298. The molecule has 0 radical (unpaired) electrons. The average Bonchev–Trinajstić information content (AvgIpc) is 2.54. The number of rotatable bonds is 2. The maximum Gasteiger partial charge on any atom is 0.259 e. The van der Waals surface area contributed by atoms with Crippen LogP contribution in [0.25, 0.3) is 21.7 Å². The Hall–Kier alpha value is -3.34. The molecule has 0 aliphatic rings. The summed E-state index contributed by atoms with van der Waals surface area (Å²) < 4.78 is 0. The molecule has 25 heavy (non-hydrogen) atoms. The predicted molar refractivity (Wildman–Crippen MR) is 97.2 cm³/mol. The Morgan fingerprint density at radius 3 is 2.68 bits per heavy atom. The number of pyridine rings is 2. The minimum absolute atomic E-state index is 0.0441. The Morgan fingerprint density at radius 2 is 1.84 bits per heavy atom. The summed E-state index contributed by atoms with van der Waals surface area (Å²) >= 11 is 0. The summed E-state index contributed by atoms with van der Waals surface area (Å²) in [6.45, 7) is 1.80. The van der Waals surface area contributed by atoms with Crippen LogP contribution in [-0.2, 0) is 6.42 Å². The molecule has 2 heterocycles. The van der Waals surface area contributed by atoms with Crippen molar-refractivity contribution in [2.45, 2.75) is 13.3 Å². The second kappa shape index (κ2) is 5.63. The molecule has 4 aromatic rings. The van der Waals surface area contributed by atoms with Crippen LogP contribution in [0, 0.1) is 6.92 Å². The van der Waals surface area contributed by atoms with Crippen molar-refractivity contribution in [3.05, 3.63) is 75.8 Å². The smallest absolute Gasteiger partial charge is 0.259 e. The summed E-state index contributed by atoms with van der Waals surface area (Å²) in [5, 5.41) is 22.1. The van der Waals surface area contributed by atoms with E-state index in [0.717, 1.165) is 22.3 Å². The van der Waals surface area contributed by atoms with E-state index in [1.54, 1.807) is 25.1 Å². The molecular weight excluding hydrogens is 316 g/mol. The highest BCUT2D eigenvalue weighted by Crippen LogP contribution is 2.27. The van der Waals surface area contributed by atoms with Crippen LogP contribution >= 0.6 is 0 Å². The first kappa shape index (κ1) is 15.2. The van der Waals surface area contributed by atoms with Crippen molar-refractivity contribution in [3.63, 3.8) is 0 Å². The van der Waals surface area contributed by atoms with E-state index in [2.05, 4.69) is 9.97 Å². The van der Waals surface area contributed by atoms with Crippen LogP contribution in [0.1, 0.15) is 17.0 Å². The van der Waals surface area contributed by atoms with Gasteiger partial charge in [-0.3, -0.25) is 4.79 Å². The third kappa shape index (κ3) is 2.70. The number of benzene rings is 2. The van der Waals surface area contributed by atoms with Crippen molar-refractivity contribution in [1.82, 2.24) is 9.97 Å². The Kier molecular flexibility index (Phi) is 3.42. The molecule has 0 unspecified atom stereocenters. The van der Waals surface area contributed by atoms with Gasteiger partial charge in [-0.2, -0.15) is 0 Å². The monoisotopic (exact) mass is 332 g/mol. The van der Waals surface area contributed by atoms with Crippen LogP contribution in [0.2, 0.25) is 0 Å². The maximum atomic E-state index is 12.0. The van der Waals surface area contributed by atoms with E-state index in [9.17, 15) is 15.0 Å². The minimum Gasteiger partial charge on any atom is -0.507 e. The number of aromatic amines is 1. The maximum absolute atomic E-state index is 12.0. The lowest BCUT2D eigenvalue weighted by Crippen LogP contribution is -2.08. The topological polar surface area (TPSA) is 86.2 Å². The fraction of sp³-hybridized carbons (Fsp3) is 0.100. The fourth-order valence-corrected chi connectivity index (χ4v) is 3.16. The molecule has 4 rings (SSSR count). The largest absolute Gasteiger partial charge is 0.507 e. The van der Waals surface area contributed by atoms with E-state index < -0.39 is 0 Å². The molecule has 0 bridgehead atoms. The first-order valence-electron chi connectivity index (χ1n) is 7.94. The van der Waals surface area contributed by atoms with E-state index in [1.165, 1.54) is 0 Å². The molecule has 2 aromatic carbocycles. The Bertz CT molecular complexity index is 1180. The van der Waals surface area contributed by atoms with E-state index >= 15 is 0 Å². The van der Waals surface area contributed by atoms with Crippen LogP contribution in [0.5, 0.6) is 11.5 Å². The number of aryl methyl sites for hydroxylation is 1. The van der Waals surface area contributed by atoms with Crippen LogP contribution < -0.4 is 5.56 Å². The highest BCUT2D eigenvalue weighted by atomic mass is 16.3. The summed E-state index contributed by atoms with van der Waals surface area (Å²) in [6, 6.07) is 14.4. The second-order valence-electron chi connectivity index (χ2n) is 6.19. The van der Waals surface area contributed by atoms with Gasteiger partial charge in [-0.15, -0.1) is 0 Å². The standard InChI is InChI=1S/C20H16N2O3/c1-11-7-14-8-12(10-17(24)18(14)20(25)21-11)9-15-6-5-13-3-2-4-16(23)19(13)22-15/h2-8,10,23-24H,9H2,1H3,(H,21,25). The molecule has 0 amide bonds. The lowest BCUT2D eigenvalue weighted by atomic mass is 10.0. The van der Waals surface area contributed by atoms with Gasteiger partial charge in [0.2, 0.25) is 0 Å². The summed E-state index contributed by atoms with van der Waals surface area (Å²) in [5.74, 6) is 0.0975. The Labute approximate surface area is 143 Å². The zero-order valence-electron chi connectivity index (χ0n) is 13.6. The number of hydrogen-bond donors (Lipinski definition) is 3. The van der Waals surface area contributed by atoms with Crippen molar-refractivity contribution in [2.75, 3.05) is 0 Å². The molecule has 0 aliphatic carbocycles. The number of phenolic OH excluding ortho intramolecular Hbond substituents is 2. The predicted octanol–water partition coefficient (Wildman–Crippen LogP) is 3.39. The number of fused-ring (bicyclic) bond motifs is 2. The lowest BCUT2D eigenvalue weighted by molar-refractivity contribution is 0.479. The van der Waals surface area contributed by atoms with Gasteiger partial charge >= 0.3 is 0 Å². The van der Waals surface area contributed by atoms with Gasteiger partial charge in [0.25, 0.3) is 5.56 Å². The van der Waals surface area contributed by atoms with Gasteiger partial charge in [0.15, 0.2) is 0 Å². The quantitative estimate of drug-likeness (QED) is 0.525. The molecule has 0 aliphatic heterocycles. The number of para-hydroxylation sites is 1. The van der Waals surface area contributed by atoms with Gasteiger partial charge in [-0.05, 0) is 42.1 Å². The molecule has 3 N–H and O–H groups in total. The molecule has 0 spiro atoms. The third-order valence-electron chi connectivity index (χ3n) is 4.26. The Balaban J connectivity index is 1.81. The number of nitrogens with one attached hydrogen (secondary N) is 1. The zero-order valence-corrected chi connectivity index (χ0v) is 13.6. The molecular formula is C20H16N2O3. The van der Waals surface area contributed by atoms with Crippen molar-refractivity contribution in [3.8, 4) is 11.5 Å². The fourth-order valence-electron chi connectivity index (χ4n) is 3.16. The van der Waals surface area contributed by atoms with Gasteiger partial charge < -0.3 is 15.2 Å². The van der Waals surface area contributed by atoms with E-state index in [1.807, 2.05) is 30.3 Å². The van der Waals surface area contributed by atoms with Crippen LogP contribution in [0.15, 0.2) is 53.3 Å². The van der Waals surface area contributed by atoms with Crippen molar-refractivity contribution >= 4 is 21.7 Å². The number of aromatic hydroxyl groups is 2. The molecule has 0 atom stereocenters. The number of aromatic nitrogens is 2. The van der Waals surface area contributed by atoms with Gasteiger partial charge in [-0.1, -0.05) is 24.3 Å². The Morgan fingerprint density at radius 1 is 1.00 bits per heavy atom. The van der Waals surface area contributed by atoms with Gasteiger partial charge in [-0.25, -0.2) is 4.98 Å². The van der Waals surface area contributed by atoms with Crippen LogP contribution in [-0.4, -0.2) is 20.2 Å². The molecule has 2 aromatic heterocycles. The van der Waals surface area contributed by atoms with Gasteiger partial charge in [0.05, 0.1) is 5.39 Å². The van der Waals surface area contributed by atoms with Crippen LogP contribution in [0.3, 0.4) is 0 Å². The molecule has 5 heteroatoms. The molecule has 5 nitrogen and oxygen atoms in total. The number of nitrogens with zero attached hydrogens (tertiary/aromatic N) is 1. The highest BCUT2D eigenvalue weighted by Gasteiger charge is 2.10. The first-order chi connectivity index (χ1) is 12.0. The van der Waals surface area contributed by atoms with E-state index in [-0.39, 0.29) is 17.1 Å². The van der Waals surface area contributed by atoms with E-state index in [0.29, 0.717) is 22.7 Å². The van der Waals surface area contributed by atoms with Crippen molar-refractivity contribution in [2.24, 2.45) is 0 Å². The van der Waals surface area contributed by atoms with Crippen LogP contribution in [0.4, 0.5) is 0 Å². The summed E-state index contributed by atoms with van der Waals surface area (Å²) in [5.41, 5.74) is 2.61. The molecule has 0 saturated carbocycles. The highest BCUT2D eigenvalue weighted by molar-refractivity contribution is 5.88. The number of hydrogen-bond acceptors (Lipinski definition) is 4.